The lowest BCUT2D eigenvalue weighted by Gasteiger charge is -2.42. The minimum absolute atomic E-state index is 0.0472. The van der Waals surface area contributed by atoms with E-state index in [0.717, 1.165) is 49.2 Å². The zero-order valence-corrected chi connectivity index (χ0v) is 16.3. The molecule has 5 heteroatoms. The molecule has 1 saturated carbocycles. The monoisotopic (exact) mass is 379 g/mol. The molecule has 0 radical (unpaired) electrons. The number of carbonyl (C=O) groups is 1. The maximum absolute atomic E-state index is 12.7. The molecule has 0 unspecified atom stereocenters. The van der Waals surface area contributed by atoms with Crippen molar-refractivity contribution in [3.05, 3.63) is 54.6 Å². The van der Waals surface area contributed by atoms with E-state index < -0.39 is 0 Å². The first-order valence-electron chi connectivity index (χ1n) is 10.3. The van der Waals surface area contributed by atoms with E-state index in [1.165, 1.54) is 6.42 Å². The lowest BCUT2D eigenvalue weighted by molar-refractivity contribution is 0.00275. The lowest BCUT2D eigenvalue weighted by atomic mass is 9.91. The van der Waals surface area contributed by atoms with Crippen molar-refractivity contribution in [2.45, 2.75) is 37.8 Å². The molecule has 148 valence electrons. The van der Waals surface area contributed by atoms with Crippen LogP contribution in [0.5, 0.6) is 0 Å². The molecule has 2 fully saturated rings. The van der Waals surface area contributed by atoms with Gasteiger partial charge in [0.25, 0.3) is 0 Å². The molecular weight excluding hydrogens is 350 g/mol. The highest BCUT2D eigenvalue weighted by Gasteiger charge is 2.31. The quantitative estimate of drug-likeness (QED) is 0.853. The number of aliphatic hydroxyl groups is 1. The number of urea groups is 1. The summed E-state index contributed by atoms with van der Waals surface area (Å²) in [6.45, 7) is 3.07. The van der Waals surface area contributed by atoms with Crippen LogP contribution in [0.15, 0.2) is 54.6 Å². The maximum atomic E-state index is 12.7. The van der Waals surface area contributed by atoms with Crippen LogP contribution in [0, 0.1) is 0 Å². The van der Waals surface area contributed by atoms with Gasteiger partial charge >= 0.3 is 6.03 Å². The Morgan fingerprint density at radius 1 is 0.893 bits per heavy atom. The largest absolute Gasteiger partial charge is 0.391 e. The first kappa shape index (κ1) is 19.0. The predicted molar refractivity (Wildman–Crippen MR) is 112 cm³/mol. The molecule has 2 amide bonds. The summed E-state index contributed by atoms with van der Waals surface area (Å²) in [7, 11) is 0. The third-order valence-corrected chi connectivity index (χ3v) is 5.99. The topological polar surface area (TPSA) is 55.8 Å². The van der Waals surface area contributed by atoms with Crippen LogP contribution in [0.3, 0.4) is 0 Å². The van der Waals surface area contributed by atoms with Crippen LogP contribution in [0.2, 0.25) is 0 Å². The molecule has 0 spiro atoms. The SMILES string of the molecule is O=C(Nc1cccc(-c2ccccc2)c1)N1CCN([C@@H]2CCCC[C@H]2O)CC1. The fraction of sp³-hybridized carbons (Fsp3) is 0.435. The molecule has 2 N–H and O–H groups in total. The Morgan fingerprint density at radius 2 is 1.61 bits per heavy atom. The van der Waals surface area contributed by atoms with E-state index in [2.05, 4.69) is 28.4 Å². The van der Waals surface area contributed by atoms with E-state index in [1.807, 2.05) is 41.3 Å². The Balaban J connectivity index is 1.34. The van der Waals surface area contributed by atoms with Gasteiger partial charge in [0, 0.05) is 37.9 Å². The van der Waals surface area contributed by atoms with Crippen LogP contribution in [-0.4, -0.2) is 59.3 Å². The Kier molecular flexibility index (Phi) is 5.93. The van der Waals surface area contributed by atoms with Gasteiger partial charge in [-0.3, -0.25) is 4.90 Å². The van der Waals surface area contributed by atoms with E-state index >= 15 is 0 Å². The first-order valence-corrected chi connectivity index (χ1v) is 10.3. The van der Waals surface area contributed by atoms with Gasteiger partial charge in [-0.2, -0.15) is 0 Å². The molecule has 0 aromatic heterocycles. The van der Waals surface area contributed by atoms with Gasteiger partial charge in [-0.15, -0.1) is 0 Å². The van der Waals surface area contributed by atoms with Crippen LogP contribution < -0.4 is 5.32 Å². The number of aliphatic hydroxyl groups excluding tert-OH is 1. The summed E-state index contributed by atoms with van der Waals surface area (Å²) in [5, 5.41) is 13.3. The summed E-state index contributed by atoms with van der Waals surface area (Å²) < 4.78 is 0. The van der Waals surface area contributed by atoms with Crippen molar-refractivity contribution < 1.29 is 9.90 Å². The normalized spacial score (nSPS) is 23.4. The third kappa shape index (κ3) is 4.37. The Labute approximate surface area is 167 Å². The number of piperazine rings is 1. The molecule has 2 aliphatic rings. The summed E-state index contributed by atoms with van der Waals surface area (Å²) in [6, 6.07) is 18.4. The van der Waals surface area contributed by atoms with E-state index in [4.69, 9.17) is 0 Å². The van der Waals surface area contributed by atoms with Gasteiger partial charge in [-0.1, -0.05) is 55.3 Å². The third-order valence-electron chi connectivity index (χ3n) is 5.99. The smallest absolute Gasteiger partial charge is 0.321 e. The number of nitrogens with one attached hydrogen (secondary N) is 1. The highest BCUT2D eigenvalue weighted by atomic mass is 16.3. The van der Waals surface area contributed by atoms with Crippen molar-refractivity contribution >= 4 is 11.7 Å². The molecule has 2 aromatic carbocycles. The van der Waals surface area contributed by atoms with Crippen molar-refractivity contribution in [1.29, 1.82) is 0 Å². The first-order chi connectivity index (χ1) is 13.7. The van der Waals surface area contributed by atoms with Crippen LogP contribution in [0.1, 0.15) is 25.7 Å². The number of benzene rings is 2. The zero-order chi connectivity index (χ0) is 19.3. The minimum atomic E-state index is -0.213. The molecule has 1 saturated heterocycles. The summed E-state index contributed by atoms with van der Waals surface area (Å²) >= 11 is 0. The number of hydrogen-bond donors (Lipinski definition) is 2. The van der Waals surface area contributed by atoms with Crippen molar-refractivity contribution in [1.82, 2.24) is 9.80 Å². The number of hydrogen-bond acceptors (Lipinski definition) is 3. The summed E-state index contributed by atoms with van der Waals surface area (Å²) in [5.74, 6) is 0. The Bertz CT molecular complexity index is 787. The Hall–Kier alpha value is -2.37. The fourth-order valence-corrected chi connectivity index (χ4v) is 4.38. The molecule has 1 heterocycles. The average Bonchev–Trinajstić information content (AvgIpc) is 2.75. The van der Waals surface area contributed by atoms with Crippen molar-refractivity contribution in [3.8, 4) is 11.1 Å². The van der Waals surface area contributed by atoms with Gasteiger partial charge in [0.2, 0.25) is 0 Å². The standard InChI is InChI=1S/C23H29N3O2/c27-22-12-5-4-11-21(22)25-13-15-26(16-14-25)23(28)24-20-10-6-9-19(17-20)18-7-2-1-3-8-18/h1-3,6-10,17,21-22,27H,4-5,11-16H2,(H,24,28)/t21-,22-/m1/s1. The predicted octanol–water partition coefficient (Wildman–Crippen LogP) is 3.81. The number of anilines is 1. The minimum Gasteiger partial charge on any atom is -0.391 e. The molecule has 5 nitrogen and oxygen atoms in total. The van der Waals surface area contributed by atoms with Crippen LogP contribution in [0.25, 0.3) is 11.1 Å². The highest BCUT2D eigenvalue weighted by Crippen LogP contribution is 2.25. The van der Waals surface area contributed by atoms with E-state index in [-0.39, 0.29) is 18.2 Å². The summed E-state index contributed by atoms with van der Waals surface area (Å²) in [5.41, 5.74) is 3.05. The second kappa shape index (κ2) is 8.76. The molecular formula is C23H29N3O2. The number of rotatable bonds is 3. The van der Waals surface area contributed by atoms with Gasteiger partial charge in [-0.25, -0.2) is 4.79 Å². The molecule has 2 aromatic rings. The summed E-state index contributed by atoms with van der Waals surface area (Å²) in [6.07, 6.45) is 4.08. The van der Waals surface area contributed by atoms with Gasteiger partial charge in [-0.05, 0) is 36.1 Å². The van der Waals surface area contributed by atoms with Crippen LogP contribution in [-0.2, 0) is 0 Å². The Morgan fingerprint density at radius 3 is 2.36 bits per heavy atom. The number of amides is 2. The second-order valence-corrected chi connectivity index (χ2v) is 7.82. The van der Waals surface area contributed by atoms with Gasteiger partial charge in [0.1, 0.15) is 0 Å². The van der Waals surface area contributed by atoms with Crippen molar-refractivity contribution in [2.24, 2.45) is 0 Å². The molecule has 28 heavy (non-hydrogen) atoms. The van der Waals surface area contributed by atoms with E-state index in [0.29, 0.717) is 13.1 Å². The maximum Gasteiger partial charge on any atom is 0.321 e. The zero-order valence-electron chi connectivity index (χ0n) is 16.3. The molecule has 1 aliphatic carbocycles. The van der Waals surface area contributed by atoms with Crippen LogP contribution in [0.4, 0.5) is 10.5 Å². The second-order valence-electron chi connectivity index (χ2n) is 7.82. The van der Waals surface area contributed by atoms with Gasteiger partial charge in [0.15, 0.2) is 0 Å². The van der Waals surface area contributed by atoms with Crippen molar-refractivity contribution in [3.63, 3.8) is 0 Å². The average molecular weight is 380 g/mol. The van der Waals surface area contributed by atoms with Crippen molar-refractivity contribution in [2.75, 3.05) is 31.5 Å². The van der Waals surface area contributed by atoms with Gasteiger partial charge in [0.05, 0.1) is 6.10 Å². The molecule has 1 aliphatic heterocycles. The van der Waals surface area contributed by atoms with Crippen LogP contribution >= 0.6 is 0 Å². The fourth-order valence-electron chi connectivity index (χ4n) is 4.38. The van der Waals surface area contributed by atoms with E-state index in [1.54, 1.807) is 0 Å². The number of nitrogens with zero attached hydrogens (tertiary/aromatic N) is 2. The highest BCUT2D eigenvalue weighted by molar-refractivity contribution is 5.90. The number of carbonyl (C=O) groups excluding carboxylic acids is 1. The molecule has 0 bridgehead atoms. The van der Waals surface area contributed by atoms with Gasteiger partial charge < -0.3 is 15.3 Å². The lowest BCUT2D eigenvalue weighted by Crippen LogP contribution is -2.56. The molecule has 2 atom stereocenters. The summed E-state index contributed by atoms with van der Waals surface area (Å²) in [4.78, 5) is 17.0. The van der Waals surface area contributed by atoms with E-state index in [9.17, 15) is 9.90 Å². The molecule has 4 rings (SSSR count).